The van der Waals surface area contributed by atoms with Gasteiger partial charge in [-0.25, -0.2) is 14.5 Å². The highest BCUT2D eigenvalue weighted by molar-refractivity contribution is 7.84. The Morgan fingerprint density at radius 3 is 2.09 bits per heavy atom. The molecule has 0 saturated carbocycles. The summed E-state index contributed by atoms with van der Waals surface area (Å²) in [6.45, 7) is -1.06. The van der Waals surface area contributed by atoms with Crippen molar-refractivity contribution in [3.05, 3.63) is 24.3 Å². The summed E-state index contributed by atoms with van der Waals surface area (Å²) in [5, 5.41) is 9.39. The molecule has 0 amide bonds. The van der Waals surface area contributed by atoms with Crippen LogP contribution in [-0.4, -0.2) is 43.3 Å². The second kappa shape index (κ2) is 7.71. The van der Waals surface area contributed by atoms with Gasteiger partial charge in [0.1, 0.15) is 12.7 Å². The van der Waals surface area contributed by atoms with Gasteiger partial charge in [-0.05, 0) is 12.1 Å². The fourth-order valence-electron chi connectivity index (χ4n) is 1.38. The first-order valence-corrected chi connectivity index (χ1v) is 8.69. The van der Waals surface area contributed by atoms with Crippen molar-refractivity contribution < 1.29 is 34.7 Å². The minimum atomic E-state index is -4.34. The van der Waals surface area contributed by atoms with Crippen LogP contribution >= 0.6 is 0 Å². The Bertz CT molecular complexity index is 689. The van der Waals surface area contributed by atoms with Crippen molar-refractivity contribution >= 4 is 20.6 Å². The molecule has 0 fully saturated rings. The molecule has 1 rings (SSSR count). The summed E-state index contributed by atoms with van der Waals surface area (Å²) in [4.78, 5) is 0. The van der Waals surface area contributed by atoms with Crippen LogP contribution < -0.4 is 19.8 Å². The molecule has 4 N–H and O–H groups in total. The molecule has 0 spiro atoms. The lowest BCUT2D eigenvalue weighted by molar-refractivity contribution is 0.0873. The Morgan fingerprint density at radius 1 is 1.00 bits per heavy atom. The van der Waals surface area contributed by atoms with Crippen LogP contribution in [0.4, 0.5) is 0 Å². The Balaban J connectivity index is 2.75. The van der Waals surface area contributed by atoms with E-state index in [0.717, 1.165) is 0 Å². The van der Waals surface area contributed by atoms with Crippen LogP contribution in [-0.2, 0) is 29.0 Å². The summed E-state index contributed by atoms with van der Waals surface area (Å²) in [5.41, 5.74) is 0. The maximum atomic E-state index is 10.9. The number of nitrogens with two attached hydrogens (primary N) is 2. The van der Waals surface area contributed by atoms with Gasteiger partial charge in [0.15, 0.2) is 11.5 Å². The van der Waals surface area contributed by atoms with E-state index < -0.39 is 33.3 Å². The SMILES string of the molecule is COc1ccccc1OCC(COS(N)(=O)=O)OS(N)(=O)=O. The molecule has 1 aromatic rings. The Kier molecular flexibility index (Phi) is 6.52. The lowest BCUT2D eigenvalue weighted by Gasteiger charge is -2.17. The molecule has 1 atom stereocenters. The van der Waals surface area contributed by atoms with Gasteiger partial charge in [-0.3, -0.25) is 4.18 Å². The predicted octanol–water partition coefficient (Wildman–Crippen LogP) is -1.12. The van der Waals surface area contributed by atoms with E-state index in [2.05, 4.69) is 13.5 Å². The lowest BCUT2D eigenvalue weighted by Crippen LogP contribution is -2.34. The van der Waals surface area contributed by atoms with E-state index in [-0.39, 0.29) is 6.61 Å². The van der Waals surface area contributed by atoms with Crippen LogP contribution in [0.25, 0.3) is 0 Å². The number of para-hydroxylation sites is 2. The van der Waals surface area contributed by atoms with Gasteiger partial charge in [-0.1, -0.05) is 12.1 Å². The average molecular weight is 356 g/mol. The number of benzene rings is 1. The summed E-state index contributed by atoms with van der Waals surface area (Å²) in [7, 11) is -7.18. The normalized spacial score (nSPS) is 13.6. The van der Waals surface area contributed by atoms with Gasteiger partial charge in [0, 0.05) is 0 Å². The van der Waals surface area contributed by atoms with Gasteiger partial charge in [-0.2, -0.15) is 16.8 Å². The van der Waals surface area contributed by atoms with Crippen LogP contribution in [0.3, 0.4) is 0 Å². The molecule has 0 aliphatic carbocycles. The number of hydrogen-bond acceptors (Lipinski definition) is 8. The fourth-order valence-corrected chi connectivity index (χ4v) is 2.22. The van der Waals surface area contributed by atoms with Crippen molar-refractivity contribution in [2.75, 3.05) is 20.3 Å². The summed E-state index contributed by atoms with van der Waals surface area (Å²) < 4.78 is 62.4. The molecule has 0 radical (unpaired) electrons. The van der Waals surface area contributed by atoms with Crippen molar-refractivity contribution in [2.24, 2.45) is 10.3 Å². The molecule has 0 saturated heterocycles. The molecule has 10 nitrogen and oxygen atoms in total. The van der Waals surface area contributed by atoms with Crippen LogP contribution in [0, 0.1) is 0 Å². The van der Waals surface area contributed by atoms with Crippen LogP contribution in [0.15, 0.2) is 24.3 Å². The summed E-state index contributed by atoms with van der Waals surface area (Å²) in [6, 6.07) is 6.54. The highest BCUT2D eigenvalue weighted by Gasteiger charge is 2.20. The fraction of sp³-hybridized carbons (Fsp3) is 0.400. The number of rotatable bonds is 9. The molecule has 0 aliphatic rings. The van der Waals surface area contributed by atoms with Crippen molar-refractivity contribution in [1.29, 1.82) is 0 Å². The Morgan fingerprint density at radius 2 is 1.59 bits per heavy atom. The van der Waals surface area contributed by atoms with Gasteiger partial charge >= 0.3 is 20.6 Å². The molecule has 1 aromatic carbocycles. The van der Waals surface area contributed by atoms with E-state index in [1.807, 2.05) is 0 Å². The zero-order valence-electron chi connectivity index (χ0n) is 11.5. The first kappa shape index (κ1) is 18.6. The summed E-state index contributed by atoms with van der Waals surface area (Å²) >= 11 is 0. The number of ether oxygens (including phenoxy) is 2. The molecule has 0 aromatic heterocycles. The minimum absolute atomic E-state index is 0.295. The van der Waals surface area contributed by atoms with Crippen LogP contribution in [0.5, 0.6) is 11.5 Å². The summed E-state index contributed by atoms with van der Waals surface area (Å²) in [5.74, 6) is 0.688. The first-order chi connectivity index (χ1) is 10.1. The Labute approximate surface area is 128 Å². The maximum absolute atomic E-state index is 10.9. The highest BCUT2D eigenvalue weighted by Crippen LogP contribution is 2.26. The second-order valence-corrected chi connectivity index (χ2v) is 6.35. The molecular weight excluding hydrogens is 340 g/mol. The largest absolute Gasteiger partial charge is 0.493 e. The molecule has 1 unspecified atom stereocenters. The van der Waals surface area contributed by atoms with Gasteiger partial charge in [0.25, 0.3) is 0 Å². The third-order valence-electron chi connectivity index (χ3n) is 2.18. The monoisotopic (exact) mass is 356 g/mol. The topological polar surface area (TPSA) is 157 Å². The predicted molar refractivity (Wildman–Crippen MR) is 75.5 cm³/mol. The van der Waals surface area contributed by atoms with Gasteiger partial charge in [0.05, 0.1) is 13.7 Å². The third kappa shape index (κ3) is 7.53. The highest BCUT2D eigenvalue weighted by atomic mass is 32.2. The maximum Gasteiger partial charge on any atom is 0.333 e. The second-order valence-electron chi connectivity index (χ2n) is 3.95. The molecule has 126 valence electrons. The van der Waals surface area contributed by atoms with Gasteiger partial charge in [-0.15, -0.1) is 0 Å². The van der Waals surface area contributed by atoms with Crippen LogP contribution in [0.2, 0.25) is 0 Å². The average Bonchev–Trinajstić information content (AvgIpc) is 2.40. The van der Waals surface area contributed by atoms with Crippen molar-refractivity contribution in [3.8, 4) is 11.5 Å². The molecular formula is C10H16N2O8S2. The standard InChI is InChI=1S/C10H16N2O8S2/c1-17-9-4-2-3-5-10(9)18-6-8(20-22(12,15)16)7-19-21(11,13)14/h2-5,8H,6-7H2,1H3,(H2,11,13,14)(H2,12,15,16). The zero-order valence-corrected chi connectivity index (χ0v) is 13.2. The van der Waals surface area contributed by atoms with Crippen LogP contribution in [0.1, 0.15) is 0 Å². The lowest BCUT2D eigenvalue weighted by atomic mass is 10.3. The quantitative estimate of drug-likeness (QED) is 0.563. The Hall–Kier alpha value is -1.44. The molecule has 22 heavy (non-hydrogen) atoms. The molecule has 0 aliphatic heterocycles. The van der Waals surface area contributed by atoms with E-state index in [1.54, 1.807) is 24.3 Å². The van der Waals surface area contributed by atoms with E-state index in [4.69, 9.17) is 14.6 Å². The van der Waals surface area contributed by atoms with Gasteiger partial charge in [0.2, 0.25) is 0 Å². The minimum Gasteiger partial charge on any atom is -0.493 e. The third-order valence-corrected chi connectivity index (χ3v) is 3.19. The number of hydrogen-bond donors (Lipinski definition) is 2. The molecule has 0 bridgehead atoms. The van der Waals surface area contributed by atoms with Crippen molar-refractivity contribution in [3.63, 3.8) is 0 Å². The smallest absolute Gasteiger partial charge is 0.333 e. The number of methoxy groups -OCH3 is 1. The van der Waals surface area contributed by atoms with Gasteiger partial charge < -0.3 is 9.47 Å². The van der Waals surface area contributed by atoms with Crippen molar-refractivity contribution in [1.82, 2.24) is 0 Å². The first-order valence-electron chi connectivity index (χ1n) is 5.74. The zero-order chi connectivity index (χ0) is 16.8. The summed E-state index contributed by atoms with van der Waals surface area (Å²) in [6.07, 6.45) is -1.32. The molecule has 0 heterocycles. The molecule has 12 heteroatoms. The van der Waals surface area contributed by atoms with E-state index in [1.165, 1.54) is 7.11 Å². The van der Waals surface area contributed by atoms with E-state index in [9.17, 15) is 16.8 Å². The van der Waals surface area contributed by atoms with Crippen molar-refractivity contribution in [2.45, 2.75) is 6.10 Å². The van der Waals surface area contributed by atoms with E-state index >= 15 is 0 Å². The van der Waals surface area contributed by atoms with E-state index in [0.29, 0.717) is 11.5 Å².